The molecule has 1 N–H and O–H groups in total. The summed E-state index contributed by atoms with van der Waals surface area (Å²) in [6, 6.07) is 8.83. The number of hydrogen-bond acceptors (Lipinski definition) is 7. The van der Waals surface area contributed by atoms with Gasteiger partial charge >= 0.3 is 5.97 Å². The summed E-state index contributed by atoms with van der Waals surface area (Å²) >= 11 is 6.81. The van der Waals surface area contributed by atoms with Crippen molar-refractivity contribution in [3.8, 4) is 0 Å². The highest BCUT2D eigenvalue weighted by molar-refractivity contribution is 14.1. The fourth-order valence-corrected chi connectivity index (χ4v) is 5.05. The number of anilines is 1. The number of alkyl halides is 1. The van der Waals surface area contributed by atoms with Gasteiger partial charge in [0.05, 0.1) is 12.0 Å². The highest BCUT2D eigenvalue weighted by Gasteiger charge is 2.36. The van der Waals surface area contributed by atoms with E-state index in [1.807, 2.05) is 52.3 Å². The number of halogens is 1. The number of carboxylic acids is 1. The highest BCUT2D eigenvalue weighted by atomic mass is 127. The van der Waals surface area contributed by atoms with E-state index in [4.69, 9.17) is 19.4 Å². The number of rotatable bonds is 9. The summed E-state index contributed by atoms with van der Waals surface area (Å²) in [4.78, 5) is 34.7. The van der Waals surface area contributed by atoms with Crippen LogP contribution in [0.2, 0.25) is 0 Å². The lowest BCUT2D eigenvalue weighted by molar-refractivity contribution is -0.150. The van der Waals surface area contributed by atoms with E-state index in [2.05, 4.69) is 108 Å². The summed E-state index contributed by atoms with van der Waals surface area (Å²) < 4.78 is 4.99. The van der Waals surface area contributed by atoms with Crippen molar-refractivity contribution >= 4 is 60.5 Å². The largest absolute Gasteiger partial charge is 0.481 e. The second-order valence-electron chi connectivity index (χ2n) is 10.8. The van der Waals surface area contributed by atoms with Crippen molar-refractivity contribution in [1.29, 1.82) is 0 Å². The van der Waals surface area contributed by atoms with Gasteiger partial charge in [-0.05, 0) is 101 Å². The number of nitrogens with zero attached hydrogens (tertiary/aromatic N) is 2. The molecule has 0 aromatic heterocycles. The number of aryl methyl sites for hydroxylation is 1. The third kappa shape index (κ3) is 19.5. The Morgan fingerprint density at radius 2 is 1.54 bits per heavy atom. The molecule has 0 spiro atoms. The number of thiol groups is 1. The van der Waals surface area contributed by atoms with Crippen molar-refractivity contribution < 1.29 is 24.2 Å². The first-order valence-electron chi connectivity index (χ1n) is 15.7. The number of carboxylic acid groups (broad SMARTS) is 1. The molecule has 0 bridgehead atoms. The van der Waals surface area contributed by atoms with Crippen LogP contribution in [0, 0.1) is 18.3 Å². The monoisotopic (exact) mass is 772 g/mol. The van der Waals surface area contributed by atoms with Crippen molar-refractivity contribution in [3.63, 3.8) is 0 Å². The Bertz CT molecular complexity index is 1020. The Hall–Kier alpha value is -2.21. The number of carbonyl (C=O) groups is 3. The number of likely N-dealkylation sites (tertiary alicyclic amines) is 1. The van der Waals surface area contributed by atoms with Gasteiger partial charge in [-0.25, -0.2) is 0 Å². The van der Waals surface area contributed by atoms with Crippen LogP contribution >= 0.6 is 35.2 Å². The third-order valence-corrected chi connectivity index (χ3v) is 8.17. The van der Waals surface area contributed by atoms with Crippen LogP contribution in [-0.2, 0) is 19.1 Å². The molecule has 2 aliphatic rings. The predicted octanol–water partition coefficient (Wildman–Crippen LogP) is 8.63. The molecule has 1 aromatic carbocycles. The first kappa shape index (κ1) is 48.2. The highest BCUT2D eigenvalue weighted by Crippen LogP contribution is 2.32. The zero-order valence-electron chi connectivity index (χ0n) is 29.7. The van der Waals surface area contributed by atoms with Crippen LogP contribution in [0.25, 0.3) is 0 Å². The minimum Gasteiger partial charge on any atom is -0.481 e. The molecule has 0 aliphatic carbocycles. The molecule has 0 radical (unpaired) electrons. The van der Waals surface area contributed by atoms with Crippen LogP contribution in [0.1, 0.15) is 65.9 Å². The Labute approximate surface area is 299 Å². The van der Waals surface area contributed by atoms with E-state index < -0.39 is 11.4 Å². The fraction of sp³-hybridized carbons (Fsp3) is 0.541. The summed E-state index contributed by atoms with van der Waals surface area (Å²) in [5.74, 6) is -0.130. The number of ether oxygens (including phenoxy) is 1. The molecule has 9 heteroatoms. The molecule has 2 heterocycles. The topological polar surface area (TPSA) is 87.2 Å². The van der Waals surface area contributed by atoms with Gasteiger partial charge < -0.3 is 29.2 Å². The van der Waals surface area contributed by atoms with Gasteiger partial charge in [0.15, 0.2) is 0 Å². The van der Waals surface area contributed by atoms with Gasteiger partial charge in [0.1, 0.15) is 13.6 Å². The summed E-state index contributed by atoms with van der Waals surface area (Å²) in [7, 11) is 1.69. The van der Waals surface area contributed by atoms with Gasteiger partial charge in [-0.15, -0.1) is 12.6 Å². The zero-order valence-corrected chi connectivity index (χ0v) is 32.7. The Morgan fingerprint density at radius 1 is 1.04 bits per heavy atom. The number of hydrogen-bond donors (Lipinski definition) is 2. The molecule has 0 amide bonds. The zero-order chi connectivity index (χ0) is 36.1. The quantitative estimate of drug-likeness (QED) is 0.113. The van der Waals surface area contributed by atoms with Crippen LogP contribution in [-0.4, -0.2) is 80.9 Å². The van der Waals surface area contributed by atoms with Crippen molar-refractivity contribution in [2.24, 2.45) is 11.3 Å². The molecule has 46 heavy (non-hydrogen) atoms. The average molecular weight is 773 g/mol. The summed E-state index contributed by atoms with van der Waals surface area (Å²) in [6.45, 7) is 25.9. The number of benzene rings is 1. The van der Waals surface area contributed by atoms with Crippen molar-refractivity contribution in [2.75, 3.05) is 56.3 Å². The maximum Gasteiger partial charge on any atom is 0.309 e. The Balaban J connectivity index is -0.000000716. The molecule has 0 atom stereocenters. The van der Waals surface area contributed by atoms with Crippen molar-refractivity contribution in [1.82, 2.24) is 4.90 Å². The van der Waals surface area contributed by atoms with E-state index in [9.17, 15) is 4.79 Å². The standard InChI is InChI=1S/C22H29NS.C10H19NO3.C2H6.CH3I.2CH2O/c1-5-6-17(2)9-12-22(24)19(4)20-13-15-23(16-14-20)21-10-7-18(3)8-11-21;1-10(9(12)13)3-5-11(6-4-10)7-8-14-2;4*1-2/h5-12,20,24H,4,13-16H2,1-3H3;3-8H2,1-2H3,(H,12,13);1-2H3;1H3;2*1H2/b6-5+,17-9+,22-12-;;;;;. The van der Waals surface area contributed by atoms with E-state index >= 15 is 0 Å². The molecule has 0 unspecified atom stereocenters. The van der Waals surface area contributed by atoms with Crippen molar-refractivity contribution in [3.05, 3.63) is 76.8 Å². The molecule has 2 fully saturated rings. The second-order valence-corrected chi connectivity index (χ2v) is 11.3. The van der Waals surface area contributed by atoms with Gasteiger partial charge in [0.2, 0.25) is 0 Å². The van der Waals surface area contributed by atoms with Crippen LogP contribution in [0.5, 0.6) is 0 Å². The second kappa shape index (κ2) is 30.1. The molecule has 0 saturated carbocycles. The molecule has 3 rings (SSSR count). The smallest absolute Gasteiger partial charge is 0.309 e. The minimum absolute atomic E-state index is 0.510. The first-order chi connectivity index (χ1) is 22.1. The Kier molecular flexibility index (Phi) is 31.6. The predicted molar refractivity (Wildman–Crippen MR) is 210 cm³/mol. The van der Waals surface area contributed by atoms with Crippen LogP contribution < -0.4 is 4.90 Å². The summed E-state index contributed by atoms with van der Waals surface area (Å²) in [6.07, 6.45) is 12.1. The maximum absolute atomic E-state index is 11.0. The van der Waals surface area contributed by atoms with Crippen LogP contribution in [0.15, 0.2) is 71.2 Å². The van der Waals surface area contributed by atoms with E-state index in [-0.39, 0.29) is 0 Å². The molecule has 1 aromatic rings. The molecule has 262 valence electrons. The number of piperidine rings is 2. The molecule has 7 nitrogen and oxygen atoms in total. The summed E-state index contributed by atoms with van der Waals surface area (Å²) in [5.41, 5.74) is 4.53. The van der Waals surface area contributed by atoms with Gasteiger partial charge in [0, 0.05) is 37.3 Å². The third-order valence-electron chi connectivity index (χ3n) is 7.74. The van der Waals surface area contributed by atoms with E-state index in [0.717, 1.165) is 69.9 Å². The number of carbonyl (C=O) groups excluding carboxylic acids is 2. The number of allylic oxidation sites excluding steroid dienone is 6. The Morgan fingerprint density at radius 3 is 1.98 bits per heavy atom. The lowest BCUT2D eigenvalue weighted by Crippen LogP contribution is -2.43. The average Bonchev–Trinajstić information content (AvgIpc) is 3.11. The number of methoxy groups -OCH3 is 1. The number of aliphatic carboxylic acids is 1. The summed E-state index contributed by atoms with van der Waals surface area (Å²) in [5, 5.41) is 9.02. The fourth-order valence-electron chi connectivity index (χ4n) is 4.79. The lowest BCUT2D eigenvalue weighted by atomic mass is 9.80. The van der Waals surface area contributed by atoms with Gasteiger partial charge in [-0.1, -0.05) is 84.5 Å². The molecular weight excluding hydrogens is 711 g/mol. The SMILES string of the molecule is C=C(/C(S)=C/C=C(C)/C=C/C)C1CCN(c2ccc(C)cc2)CC1.C=O.C=O.CC.CI.COCCN1CCC(C)(C(=O)O)CC1. The van der Waals surface area contributed by atoms with Gasteiger partial charge in [0.25, 0.3) is 0 Å². The van der Waals surface area contributed by atoms with E-state index in [1.54, 1.807) is 7.11 Å². The first-order valence-corrected chi connectivity index (χ1v) is 18.3. The molecule has 2 aliphatic heterocycles. The van der Waals surface area contributed by atoms with Gasteiger partial charge in [-0.2, -0.15) is 0 Å². The van der Waals surface area contributed by atoms with Crippen LogP contribution in [0.4, 0.5) is 5.69 Å². The van der Waals surface area contributed by atoms with E-state index in [0.29, 0.717) is 5.92 Å². The van der Waals surface area contributed by atoms with Gasteiger partial charge in [-0.3, -0.25) is 4.79 Å². The molecule has 2 saturated heterocycles. The van der Waals surface area contributed by atoms with Crippen LogP contribution in [0.3, 0.4) is 0 Å². The minimum atomic E-state index is -0.663. The molecular formula is C37H61IN2O5S. The van der Waals surface area contributed by atoms with E-state index in [1.165, 1.54) is 22.4 Å². The van der Waals surface area contributed by atoms with Crippen molar-refractivity contribution in [2.45, 2.75) is 67.2 Å². The maximum atomic E-state index is 11.0. The lowest BCUT2D eigenvalue weighted by Gasteiger charge is -2.36. The normalized spacial score (nSPS) is 16.3.